The Balaban J connectivity index is 1.72. The number of nitrogens with zero attached hydrogens (tertiary/aromatic N) is 1. The zero-order valence-corrected chi connectivity index (χ0v) is 13.9. The highest BCUT2D eigenvalue weighted by atomic mass is 16.5. The average Bonchev–Trinajstić information content (AvgIpc) is 2.67. The summed E-state index contributed by atoms with van der Waals surface area (Å²) in [6.07, 6.45) is 0. The molecule has 0 atom stereocenters. The minimum Gasteiger partial charge on any atom is -0.380 e. The fourth-order valence-electron chi connectivity index (χ4n) is 2.45. The Labute approximate surface area is 148 Å². The van der Waals surface area contributed by atoms with Crippen LogP contribution in [0.1, 0.15) is 26.4 Å². The summed E-state index contributed by atoms with van der Waals surface area (Å²) in [6.45, 7) is 0.448. The molecule has 0 fully saturated rings. The lowest BCUT2D eigenvalue weighted by molar-refractivity contribution is 0.0844. The normalized spacial score (nSPS) is 10.5. The highest BCUT2D eigenvalue weighted by molar-refractivity contribution is 6.05. The minimum atomic E-state index is -0.637. The lowest BCUT2D eigenvalue weighted by Gasteiger charge is -2.09. The highest BCUT2D eigenvalue weighted by Crippen LogP contribution is 2.12. The number of hydrazine groups is 1. The van der Waals surface area contributed by atoms with E-state index in [0.29, 0.717) is 22.9 Å². The smallest absolute Gasteiger partial charge is 0.290 e. The van der Waals surface area contributed by atoms with E-state index in [0.717, 1.165) is 5.56 Å². The Morgan fingerprint density at radius 2 is 1.65 bits per heavy atom. The molecule has 3 aromatic rings. The van der Waals surface area contributed by atoms with Gasteiger partial charge in [-0.05, 0) is 23.8 Å². The first-order valence-corrected chi connectivity index (χ1v) is 7.76. The summed E-state index contributed by atoms with van der Waals surface area (Å²) in [7, 11) is 1.59. The van der Waals surface area contributed by atoms with Crippen molar-refractivity contribution in [1.29, 1.82) is 0 Å². The lowest BCUT2D eigenvalue weighted by Crippen LogP contribution is -2.42. The number of ether oxygens (including phenoxy) is 1. The van der Waals surface area contributed by atoms with Crippen LogP contribution in [0, 0.1) is 0 Å². The molecule has 8 nitrogen and oxygen atoms in total. The molecule has 0 aliphatic carbocycles. The van der Waals surface area contributed by atoms with Crippen LogP contribution in [-0.4, -0.2) is 29.1 Å². The number of nitrogens with one attached hydrogen (secondary N) is 3. The highest BCUT2D eigenvalue weighted by Gasteiger charge is 2.15. The van der Waals surface area contributed by atoms with E-state index in [1.165, 1.54) is 0 Å². The molecule has 132 valence electrons. The summed E-state index contributed by atoms with van der Waals surface area (Å²) in [6, 6.07) is 13.4. The summed E-state index contributed by atoms with van der Waals surface area (Å²) in [5.41, 5.74) is 5.55. The maximum absolute atomic E-state index is 12.3. The van der Waals surface area contributed by atoms with Crippen molar-refractivity contribution in [2.45, 2.75) is 6.61 Å². The molecular weight excluding hydrogens is 336 g/mol. The zero-order valence-electron chi connectivity index (χ0n) is 13.9. The first-order chi connectivity index (χ1) is 12.6. The van der Waals surface area contributed by atoms with Crippen molar-refractivity contribution < 1.29 is 14.3 Å². The molecule has 3 N–H and O–H groups in total. The number of amides is 2. The second-order valence-corrected chi connectivity index (χ2v) is 5.49. The maximum Gasteiger partial charge on any atom is 0.290 e. The predicted octanol–water partition coefficient (Wildman–Crippen LogP) is 1.14. The van der Waals surface area contributed by atoms with Crippen LogP contribution < -0.4 is 16.4 Å². The molecule has 0 spiro atoms. The van der Waals surface area contributed by atoms with Gasteiger partial charge >= 0.3 is 0 Å². The molecule has 0 radical (unpaired) electrons. The topological polar surface area (TPSA) is 113 Å². The molecule has 26 heavy (non-hydrogen) atoms. The Bertz CT molecular complexity index is 1010. The van der Waals surface area contributed by atoms with Gasteiger partial charge in [-0.2, -0.15) is 5.10 Å². The van der Waals surface area contributed by atoms with Crippen molar-refractivity contribution in [1.82, 2.24) is 21.0 Å². The summed E-state index contributed by atoms with van der Waals surface area (Å²) in [5.74, 6) is -1.11. The standard InChI is InChI=1S/C18H16N4O4/c1-26-10-11-6-8-12(9-7-11)16(23)20-22-18(25)15-13-4-2-3-5-14(13)17(24)21-19-15/h2-9H,10H2,1H3,(H,20,23)(H,21,24)(H,22,25). The average molecular weight is 352 g/mol. The van der Waals surface area contributed by atoms with Crippen LogP contribution in [0.5, 0.6) is 0 Å². The number of rotatable bonds is 4. The Kier molecular flexibility index (Phi) is 5.04. The van der Waals surface area contributed by atoms with E-state index >= 15 is 0 Å². The first kappa shape index (κ1) is 17.3. The van der Waals surface area contributed by atoms with Crippen molar-refractivity contribution >= 4 is 22.6 Å². The van der Waals surface area contributed by atoms with Crippen LogP contribution >= 0.6 is 0 Å². The van der Waals surface area contributed by atoms with Gasteiger partial charge in [0.1, 0.15) is 0 Å². The van der Waals surface area contributed by atoms with Crippen molar-refractivity contribution in [2.75, 3.05) is 7.11 Å². The minimum absolute atomic E-state index is 0.0101. The molecular formula is C18H16N4O4. The fraction of sp³-hybridized carbons (Fsp3) is 0.111. The van der Waals surface area contributed by atoms with Gasteiger partial charge in [0.2, 0.25) is 0 Å². The quantitative estimate of drug-likeness (QED) is 0.610. The number of hydrogen-bond donors (Lipinski definition) is 3. The maximum atomic E-state index is 12.3. The van der Waals surface area contributed by atoms with Crippen LogP contribution in [0.3, 0.4) is 0 Å². The Hall–Kier alpha value is -3.52. The van der Waals surface area contributed by atoms with E-state index in [4.69, 9.17) is 4.74 Å². The van der Waals surface area contributed by atoms with Crippen molar-refractivity contribution in [3.63, 3.8) is 0 Å². The van der Waals surface area contributed by atoms with Gasteiger partial charge in [-0.3, -0.25) is 25.2 Å². The zero-order chi connectivity index (χ0) is 18.5. The van der Waals surface area contributed by atoms with Gasteiger partial charge in [-0.1, -0.05) is 30.3 Å². The van der Waals surface area contributed by atoms with Gasteiger partial charge in [0.25, 0.3) is 17.4 Å². The van der Waals surface area contributed by atoms with E-state index in [2.05, 4.69) is 21.0 Å². The Morgan fingerprint density at radius 3 is 2.35 bits per heavy atom. The summed E-state index contributed by atoms with van der Waals surface area (Å²) < 4.78 is 5.01. The number of fused-ring (bicyclic) bond motifs is 1. The van der Waals surface area contributed by atoms with Crippen LogP contribution in [0.2, 0.25) is 0 Å². The van der Waals surface area contributed by atoms with Crippen LogP contribution in [0.25, 0.3) is 10.8 Å². The number of carbonyl (C=O) groups excluding carboxylic acids is 2. The van der Waals surface area contributed by atoms with E-state index in [-0.39, 0.29) is 5.69 Å². The van der Waals surface area contributed by atoms with Crippen LogP contribution in [-0.2, 0) is 11.3 Å². The fourth-order valence-corrected chi connectivity index (χ4v) is 2.45. The van der Waals surface area contributed by atoms with Gasteiger partial charge in [0, 0.05) is 18.1 Å². The number of methoxy groups -OCH3 is 1. The van der Waals surface area contributed by atoms with Gasteiger partial charge in [0.15, 0.2) is 5.69 Å². The van der Waals surface area contributed by atoms with Crippen molar-refractivity contribution in [2.24, 2.45) is 0 Å². The number of carbonyl (C=O) groups is 2. The number of hydrogen-bond acceptors (Lipinski definition) is 5. The number of H-pyrrole nitrogens is 1. The molecule has 0 saturated heterocycles. The van der Waals surface area contributed by atoms with Gasteiger partial charge in [-0.15, -0.1) is 0 Å². The monoisotopic (exact) mass is 352 g/mol. The van der Waals surface area contributed by atoms with Crippen LogP contribution in [0.4, 0.5) is 0 Å². The van der Waals surface area contributed by atoms with Gasteiger partial charge in [0.05, 0.1) is 12.0 Å². The second-order valence-electron chi connectivity index (χ2n) is 5.49. The molecule has 0 saturated carbocycles. The second kappa shape index (κ2) is 7.58. The van der Waals surface area contributed by atoms with E-state index in [9.17, 15) is 14.4 Å². The number of aromatic nitrogens is 2. The summed E-state index contributed by atoms with van der Waals surface area (Å²) >= 11 is 0. The van der Waals surface area contributed by atoms with E-state index < -0.39 is 17.4 Å². The molecule has 1 heterocycles. The largest absolute Gasteiger partial charge is 0.380 e. The third kappa shape index (κ3) is 3.60. The molecule has 1 aromatic heterocycles. The third-order valence-corrected chi connectivity index (χ3v) is 3.73. The predicted molar refractivity (Wildman–Crippen MR) is 94.5 cm³/mol. The summed E-state index contributed by atoms with van der Waals surface area (Å²) in [4.78, 5) is 36.2. The molecule has 0 bridgehead atoms. The molecule has 3 rings (SSSR count). The van der Waals surface area contributed by atoms with Crippen LogP contribution in [0.15, 0.2) is 53.3 Å². The molecule has 0 unspecified atom stereocenters. The molecule has 2 amide bonds. The molecule has 8 heteroatoms. The SMILES string of the molecule is COCc1ccc(C(=O)NNC(=O)c2n[nH]c(=O)c3ccccc23)cc1. The van der Waals surface area contributed by atoms with Gasteiger partial charge in [-0.25, -0.2) is 5.10 Å². The summed E-state index contributed by atoms with van der Waals surface area (Å²) in [5, 5.41) is 6.78. The Morgan fingerprint density at radius 1 is 1.00 bits per heavy atom. The molecule has 0 aliphatic heterocycles. The van der Waals surface area contributed by atoms with Crippen molar-refractivity contribution in [3.05, 3.63) is 75.7 Å². The van der Waals surface area contributed by atoms with E-state index in [1.54, 1.807) is 55.6 Å². The van der Waals surface area contributed by atoms with Gasteiger partial charge < -0.3 is 4.74 Å². The molecule has 2 aromatic carbocycles. The first-order valence-electron chi connectivity index (χ1n) is 7.76. The number of benzene rings is 2. The molecule has 0 aliphatic rings. The third-order valence-electron chi connectivity index (χ3n) is 3.73. The lowest BCUT2D eigenvalue weighted by atomic mass is 10.1. The van der Waals surface area contributed by atoms with E-state index in [1.807, 2.05) is 0 Å². The number of aromatic amines is 1. The van der Waals surface area contributed by atoms with Crippen molar-refractivity contribution in [3.8, 4) is 0 Å².